The van der Waals surface area contributed by atoms with Gasteiger partial charge in [0, 0.05) is 43.3 Å². The van der Waals surface area contributed by atoms with Crippen molar-refractivity contribution in [3.8, 4) is 0 Å². The van der Waals surface area contributed by atoms with Gasteiger partial charge in [-0.15, -0.1) is 0 Å². The van der Waals surface area contributed by atoms with E-state index in [2.05, 4.69) is 15.1 Å². The van der Waals surface area contributed by atoms with Crippen LogP contribution < -0.4 is 5.32 Å². The lowest BCUT2D eigenvalue weighted by molar-refractivity contribution is -0.145. The number of rotatable bonds is 6. The Morgan fingerprint density at radius 1 is 1.30 bits per heavy atom. The number of halogens is 2. The molecule has 6 nitrogen and oxygen atoms in total. The summed E-state index contributed by atoms with van der Waals surface area (Å²) in [4.78, 5) is 17.8. The number of hydrogen-bond donors (Lipinski definition) is 1. The fourth-order valence-corrected chi connectivity index (χ4v) is 5.20. The lowest BCUT2D eigenvalue weighted by atomic mass is 9.74. The van der Waals surface area contributed by atoms with Crippen LogP contribution in [0.3, 0.4) is 0 Å². The molecule has 0 aromatic heterocycles. The summed E-state index contributed by atoms with van der Waals surface area (Å²) < 4.78 is 25.9. The zero-order chi connectivity index (χ0) is 21.1. The van der Waals surface area contributed by atoms with Crippen molar-refractivity contribution < 1.29 is 18.7 Å². The van der Waals surface area contributed by atoms with Crippen LogP contribution in [0.5, 0.6) is 0 Å². The van der Waals surface area contributed by atoms with Gasteiger partial charge in [-0.3, -0.25) is 14.6 Å². The van der Waals surface area contributed by atoms with E-state index >= 15 is 0 Å². The van der Waals surface area contributed by atoms with Gasteiger partial charge in [-0.1, -0.05) is 17.7 Å². The standard InChI is InChI=1S/C22H31ClFN3O3/c1-16-15-26(8-13-30-16)19(20-17(23)4-2-5-18(20)24)14-25-21(28)22(6-3-7-22)27-9-11-29-12-10-27/h2,4-5,16,19H,3,6-15H2,1H3,(H,25,28). The summed E-state index contributed by atoms with van der Waals surface area (Å²) in [5.41, 5.74) is -0.00587. The van der Waals surface area contributed by atoms with Crippen molar-refractivity contribution in [3.63, 3.8) is 0 Å². The van der Waals surface area contributed by atoms with E-state index in [1.165, 1.54) is 6.07 Å². The lowest BCUT2D eigenvalue weighted by Crippen LogP contribution is -2.65. The van der Waals surface area contributed by atoms with Crippen LogP contribution in [0, 0.1) is 5.82 Å². The smallest absolute Gasteiger partial charge is 0.240 e. The molecule has 1 aromatic rings. The molecule has 1 N–H and O–H groups in total. The molecule has 8 heteroatoms. The van der Waals surface area contributed by atoms with Crippen LogP contribution >= 0.6 is 11.6 Å². The molecule has 2 aliphatic heterocycles. The summed E-state index contributed by atoms with van der Waals surface area (Å²) in [5.74, 6) is -0.304. The van der Waals surface area contributed by atoms with E-state index in [0.29, 0.717) is 50.0 Å². The second-order valence-corrected chi connectivity index (χ2v) is 8.93. The summed E-state index contributed by atoms with van der Waals surface area (Å²) in [5, 5.41) is 3.55. The van der Waals surface area contributed by atoms with Crippen molar-refractivity contribution in [1.82, 2.24) is 15.1 Å². The van der Waals surface area contributed by atoms with Gasteiger partial charge in [0.15, 0.2) is 0 Å². The molecule has 166 valence electrons. The number of carbonyl (C=O) groups excluding carboxylic acids is 1. The number of nitrogens with one attached hydrogen (secondary N) is 1. The molecule has 30 heavy (non-hydrogen) atoms. The molecule has 1 aliphatic carbocycles. The SMILES string of the molecule is CC1CN(C(CNC(=O)C2(N3CCOCC3)CCC2)c2c(F)cccc2Cl)CCO1. The summed E-state index contributed by atoms with van der Waals surface area (Å²) >= 11 is 6.41. The third-order valence-corrected chi connectivity index (χ3v) is 7.05. The highest BCUT2D eigenvalue weighted by Gasteiger charge is 2.49. The topological polar surface area (TPSA) is 54.0 Å². The molecule has 0 radical (unpaired) electrons. The van der Waals surface area contributed by atoms with Crippen molar-refractivity contribution in [2.45, 2.75) is 43.9 Å². The molecule has 1 aromatic carbocycles. The van der Waals surface area contributed by atoms with Gasteiger partial charge in [0.1, 0.15) is 11.4 Å². The average Bonchev–Trinajstić information content (AvgIpc) is 2.70. The Morgan fingerprint density at radius 2 is 2.07 bits per heavy atom. The van der Waals surface area contributed by atoms with E-state index in [4.69, 9.17) is 21.1 Å². The van der Waals surface area contributed by atoms with Crippen molar-refractivity contribution in [2.75, 3.05) is 52.5 Å². The van der Waals surface area contributed by atoms with Crippen molar-refractivity contribution >= 4 is 17.5 Å². The molecule has 2 heterocycles. The first-order valence-corrected chi connectivity index (χ1v) is 11.3. The normalized spacial score (nSPS) is 26.0. The third kappa shape index (κ3) is 4.36. The Labute approximate surface area is 182 Å². The van der Waals surface area contributed by atoms with Gasteiger partial charge in [-0.25, -0.2) is 4.39 Å². The maximum Gasteiger partial charge on any atom is 0.240 e. The molecular formula is C22H31ClFN3O3. The molecule has 2 atom stereocenters. The second-order valence-electron chi connectivity index (χ2n) is 8.52. The van der Waals surface area contributed by atoms with Gasteiger partial charge < -0.3 is 14.8 Å². The highest BCUT2D eigenvalue weighted by atomic mass is 35.5. The van der Waals surface area contributed by atoms with Crippen molar-refractivity contribution in [1.29, 1.82) is 0 Å². The van der Waals surface area contributed by atoms with E-state index in [1.807, 2.05) is 6.92 Å². The number of ether oxygens (including phenoxy) is 2. The van der Waals surface area contributed by atoms with Crippen LogP contribution in [0.1, 0.15) is 37.8 Å². The van der Waals surface area contributed by atoms with Gasteiger partial charge in [0.25, 0.3) is 0 Å². The quantitative estimate of drug-likeness (QED) is 0.738. The predicted octanol–water partition coefficient (Wildman–Crippen LogP) is 2.61. The third-order valence-electron chi connectivity index (χ3n) is 6.72. The number of benzene rings is 1. The molecule has 0 spiro atoms. The molecule has 1 amide bonds. The second kappa shape index (κ2) is 9.49. The van der Waals surface area contributed by atoms with Gasteiger partial charge in [-0.05, 0) is 38.3 Å². The minimum atomic E-state index is -0.453. The Morgan fingerprint density at radius 3 is 2.70 bits per heavy atom. The molecule has 3 aliphatic rings. The highest BCUT2D eigenvalue weighted by Crippen LogP contribution is 2.39. The Kier molecular flexibility index (Phi) is 6.95. The van der Waals surface area contributed by atoms with Crippen LogP contribution in [0.2, 0.25) is 5.02 Å². The van der Waals surface area contributed by atoms with E-state index in [-0.39, 0.29) is 23.9 Å². The number of morpholine rings is 2. The minimum Gasteiger partial charge on any atom is -0.379 e. The van der Waals surface area contributed by atoms with Crippen LogP contribution in [-0.4, -0.2) is 79.9 Å². The fraction of sp³-hybridized carbons (Fsp3) is 0.682. The number of hydrogen-bond acceptors (Lipinski definition) is 5. The zero-order valence-electron chi connectivity index (χ0n) is 17.5. The summed E-state index contributed by atoms with van der Waals surface area (Å²) in [6.45, 7) is 7.11. The number of nitrogens with zero attached hydrogens (tertiary/aromatic N) is 2. The Bertz CT molecular complexity index is 735. The summed E-state index contributed by atoms with van der Waals surface area (Å²) in [6, 6.07) is 4.41. The Hall–Kier alpha value is -1.25. The van der Waals surface area contributed by atoms with Gasteiger partial charge in [0.05, 0.1) is 32.0 Å². The van der Waals surface area contributed by atoms with Gasteiger partial charge >= 0.3 is 0 Å². The molecule has 1 saturated carbocycles. The van der Waals surface area contributed by atoms with E-state index in [0.717, 1.165) is 32.4 Å². The first kappa shape index (κ1) is 22.0. The van der Waals surface area contributed by atoms with Gasteiger partial charge in [0.2, 0.25) is 5.91 Å². The van der Waals surface area contributed by atoms with E-state index in [1.54, 1.807) is 12.1 Å². The first-order chi connectivity index (χ1) is 14.5. The maximum absolute atomic E-state index is 14.8. The molecule has 4 rings (SSSR count). The zero-order valence-corrected chi connectivity index (χ0v) is 18.3. The van der Waals surface area contributed by atoms with E-state index < -0.39 is 5.54 Å². The number of carbonyl (C=O) groups is 1. The van der Waals surface area contributed by atoms with Crippen LogP contribution in [0.15, 0.2) is 18.2 Å². The predicted molar refractivity (Wildman–Crippen MR) is 113 cm³/mol. The van der Waals surface area contributed by atoms with E-state index in [9.17, 15) is 9.18 Å². The van der Waals surface area contributed by atoms with Crippen LogP contribution in [-0.2, 0) is 14.3 Å². The van der Waals surface area contributed by atoms with Crippen molar-refractivity contribution in [2.24, 2.45) is 0 Å². The summed E-state index contributed by atoms with van der Waals surface area (Å²) in [6.07, 6.45) is 2.82. The molecule has 2 saturated heterocycles. The molecular weight excluding hydrogens is 409 g/mol. The largest absolute Gasteiger partial charge is 0.379 e. The lowest BCUT2D eigenvalue weighted by Gasteiger charge is -2.50. The van der Waals surface area contributed by atoms with Crippen LogP contribution in [0.4, 0.5) is 4.39 Å². The maximum atomic E-state index is 14.8. The summed E-state index contributed by atoms with van der Waals surface area (Å²) in [7, 11) is 0. The first-order valence-electron chi connectivity index (χ1n) is 10.9. The minimum absolute atomic E-state index is 0.0365. The monoisotopic (exact) mass is 439 g/mol. The molecule has 0 bridgehead atoms. The Balaban J connectivity index is 1.52. The fourth-order valence-electron chi connectivity index (χ4n) is 4.92. The van der Waals surface area contributed by atoms with Crippen molar-refractivity contribution in [3.05, 3.63) is 34.6 Å². The van der Waals surface area contributed by atoms with Crippen LogP contribution in [0.25, 0.3) is 0 Å². The average molecular weight is 440 g/mol. The van der Waals surface area contributed by atoms with Gasteiger partial charge in [-0.2, -0.15) is 0 Å². The molecule has 2 unspecified atom stereocenters. The number of amides is 1. The molecule has 3 fully saturated rings. The highest BCUT2D eigenvalue weighted by molar-refractivity contribution is 6.31.